The number of hydrogen-bond acceptors (Lipinski definition) is 4. The molecule has 0 aromatic rings. The largest absolute Gasteiger partial charge is 0.515 e. The molecule has 1 atom stereocenters. The summed E-state index contributed by atoms with van der Waals surface area (Å²) in [4.78, 5) is 0. The van der Waals surface area contributed by atoms with Gasteiger partial charge in [-0.3, -0.25) is 4.52 Å². The Balaban J connectivity index is 3.78. The lowest BCUT2D eigenvalue weighted by molar-refractivity contribution is -0.0403. The molecule has 0 amide bonds. The van der Waals surface area contributed by atoms with Gasteiger partial charge in [0.25, 0.3) is 0 Å². The molecule has 0 spiro atoms. The molecule has 0 radical (unpaired) electrons. The second-order valence-corrected chi connectivity index (χ2v) is 3.61. The Hall–Kier alpha value is 0.770. The lowest BCUT2D eigenvalue weighted by Crippen LogP contribution is -1.88. The highest BCUT2D eigenvalue weighted by molar-refractivity contribution is 14.1. The van der Waals surface area contributed by atoms with Crippen LogP contribution in [0.1, 0.15) is 6.92 Å². The number of phosphoric acid groups is 1. The van der Waals surface area contributed by atoms with Crippen molar-refractivity contribution in [3.63, 3.8) is 0 Å². The average Bonchev–Trinajstić information content (AvgIpc) is 1.89. The Morgan fingerprint density at radius 2 is 2.33 bits per heavy atom. The molecule has 0 N–H and O–H groups in total. The van der Waals surface area contributed by atoms with Crippen LogP contribution in [0, 0.1) is 0 Å². The van der Waals surface area contributed by atoms with Crippen LogP contribution in [0.15, 0.2) is 0 Å². The zero-order chi connectivity index (χ0) is 7.33. The van der Waals surface area contributed by atoms with Crippen LogP contribution in [0.4, 0.5) is 4.53 Å². The van der Waals surface area contributed by atoms with E-state index in [9.17, 15) is 9.09 Å². The van der Waals surface area contributed by atoms with E-state index in [-0.39, 0.29) is 6.61 Å². The van der Waals surface area contributed by atoms with Gasteiger partial charge in [-0.05, 0) is 11.4 Å². The standard InChI is InChI=1S/C2H5FIO4P/c1-2-6-9(5,7-3)8-4/h2H2,1H3. The maximum Gasteiger partial charge on any atom is 0.515 e. The third kappa shape index (κ3) is 3.47. The van der Waals surface area contributed by atoms with Gasteiger partial charge >= 0.3 is 7.82 Å². The van der Waals surface area contributed by atoms with Crippen molar-refractivity contribution in [3.8, 4) is 0 Å². The molecule has 1 unspecified atom stereocenters. The fraction of sp³-hybridized carbons (Fsp3) is 1.00. The Morgan fingerprint density at radius 3 is 2.44 bits per heavy atom. The molecule has 0 saturated heterocycles. The van der Waals surface area contributed by atoms with Crippen LogP contribution < -0.4 is 0 Å². The first kappa shape index (κ1) is 9.77. The molecule has 0 aromatic carbocycles. The van der Waals surface area contributed by atoms with E-state index in [1.807, 2.05) is 0 Å². The summed E-state index contributed by atoms with van der Waals surface area (Å²) < 4.78 is 32.9. The minimum atomic E-state index is -3.86. The monoisotopic (exact) mass is 270 g/mol. The topological polar surface area (TPSA) is 44.8 Å². The van der Waals surface area contributed by atoms with Gasteiger partial charge in [0, 0.05) is 0 Å². The maximum atomic E-state index is 11.2. The van der Waals surface area contributed by atoms with E-state index in [1.165, 1.54) is 23.0 Å². The van der Waals surface area contributed by atoms with Crippen LogP contribution in [0.25, 0.3) is 0 Å². The molecule has 56 valence electrons. The molecule has 0 aliphatic rings. The zero-order valence-electron chi connectivity index (χ0n) is 4.54. The van der Waals surface area contributed by atoms with Gasteiger partial charge < -0.3 is 0 Å². The van der Waals surface area contributed by atoms with Crippen molar-refractivity contribution in [1.82, 2.24) is 0 Å². The predicted molar refractivity (Wildman–Crippen MR) is 36.5 cm³/mol. The SMILES string of the molecule is CCOP(=O)(OF)OI. The first-order chi connectivity index (χ1) is 4.18. The summed E-state index contributed by atoms with van der Waals surface area (Å²) >= 11 is 1.24. The molecule has 0 aliphatic carbocycles. The highest BCUT2D eigenvalue weighted by Crippen LogP contribution is 2.51. The van der Waals surface area contributed by atoms with Gasteiger partial charge in [-0.1, -0.05) is 4.73 Å². The van der Waals surface area contributed by atoms with E-state index in [0.717, 1.165) is 0 Å². The van der Waals surface area contributed by atoms with E-state index >= 15 is 0 Å². The molecule has 0 bridgehead atoms. The molecule has 0 saturated carbocycles. The predicted octanol–water partition coefficient (Wildman–Crippen LogP) is 2.40. The van der Waals surface area contributed by atoms with Crippen molar-refractivity contribution in [2.24, 2.45) is 0 Å². The molecular formula is C2H5FIO4P. The number of hydrogen-bond donors (Lipinski definition) is 0. The van der Waals surface area contributed by atoms with E-state index in [4.69, 9.17) is 0 Å². The van der Waals surface area contributed by atoms with Crippen LogP contribution in [0.5, 0.6) is 0 Å². The molecule has 0 aromatic heterocycles. The van der Waals surface area contributed by atoms with Crippen LogP contribution in [-0.4, -0.2) is 6.61 Å². The highest BCUT2D eigenvalue weighted by Gasteiger charge is 2.26. The minimum absolute atomic E-state index is 0.0736. The molecule has 0 fully saturated rings. The Labute approximate surface area is 65.9 Å². The van der Waals surface area contributed by atoms with Crippen LogP contribution >= 0.6 is 30.8 Å². The molecule has 7 heteroatoms. The Kier molecular flexibility index (Phi) is 4.96. The van der Waals surface area contributed by atoms with E-state index in [2.05, 4.69) is 12.1 Å². The molecule has 0 rings (SSSR count). The lowest BCUT2D eigenvalue weighted by Gasteiger charge is -2.05. The summed E-state index contributed by atoms with van der Waals surface area (Å²) in [6, 6.07) is 0. The van der Waals surface area contributed by atoms with Crippen LogP contribution in [-0.2, 0) is 16.7 Å². The number of halogens is 2. The van der Waals surface area contributed by atoms with Crippen LogP contribution in [0.3, 0.4) is 0 Å². The fourth-order valence-corrected chi connectivity index (χ4v) is 1.15. The summed E-state index contributed by atoms with van der Waals surface area (Å²) in [6.07, 6.45) is 0. The molecule has 0 aliphatic heterocycles. The Morgan fingerprint density at radius 1 is 1.78 bits per heavy atom. The van der Waals surface area contributed by atoms with Gasteiger partial charge in [0.15, 0.2) is 0 Å². The minimum Gasteiger partial charge on any atom is -0.285 e. The summed E-state index contributed by atoms with van der Waals surface area (Å²) in [5.74, 6) is 0. The van der Waals surface area contributed by atoms with E-state index in [0.29, 0.717) is 0 Å². The van der Waals surface area contributed by atoms with Gasteiger partial charge in [-0.2, -0.15) is 0 Å². The van der Waals surface area contributed by atoms with E-state index < -0.39 is 7.82 Å². The third-order valence-corrected chi connectivity index (χ3v) is 2.82. The van der Waals surface area contributed by atoms with Crippen molar-refractivity contribution < 1.29 is 21.2 Å². The second kappa shape index (κ2) is 4.56. The van der Waals surface area contributed by atoms with Crippen molar-refractivity contribution in [2.45, 2.75) is 6.92 Å². The van der Waals surface area contributed by atoms with Gasteiger partial charge in [0.2, 0.25) is 0 Å². The molecule has 4 nitrogen and oxygen atoms in total. The second-order valence-electron chi connectivity index (χ2n) is 1.00. The Bertz CT molecular complexity index is 111. The smallest absolute Gasteiger partial charge is 0.285 e. The summed E-state index contributed by atoms with van der Waals surface area (Å²) in [6.45, 7) is 1.62. The third-order valence-electron chi connectivity index (χ3n) is 0.456. The summed E-state index contributed by atoms with van der Waals surface area (Å²) in [5, 5.41) is 0. The zero-order valence-corrected chi connectivity index (χ0v) is 7.60. The van der Waals surface area contributed by atoms with Gasteiger partial charge in [0.05, 0.1) is 6.61 Å². The normalized spacial score (nSPS) is 17.2. The lowest BCUT2D eigenvalue weighted by atomic mass is 10.9. The molecular weight excluding hydrogens is 265 g/mol. The van der Waals surface area contributed by atoms with Crippen molar-refractivity contribution in [3.05, 3.63) is 0 Å². The fourth-order valence-electron chi connectivity index (χ4n) is 0.209. The molecule has 9 heavy (non-hydrogen) atoms. The summed E-state index contributed by atoms with van der Waals surface area (Å²) in [7, 11) is -3.86. The van der Waals surface area contributed by atoms with E-state index in [1.54, 1.807) is 6.92 Å². The number of rotatable bonds is 4. The highest BCUT2D eigenvalue weighted by atomic mass is 127. The van der Waals surface area contributed by atoms with Crippen molar-refractivity contribution >= 4 is 30.8 Å². The summed E-state index contributed by atoms with van der Waals surface area (Å²) in [5.41, 5.74) is 0. The van der Waals surface area contributed by atoms with Gasteiger partial charge in [-0.25, -0.2) is 7.42 Å². The average molecular weight is 270 g/mol. The van der Waals surface area contributed by atoms with Crippen molar-refractivity contribution in [2.75, 3.05) is 6.61 Å². The quantitative estimate of drug-likeness (QED) is 0.581. The van der Waals surface area contributed by atoms with Gasteiger partial charge in [-0.15, -0.1) is 0 Å². The molecule has 0 heterocycles. The first-order valence-corrected chi connectivity index (χ1v) is 4.38. The first-order valence-electron chi connectivity index (χ1n) is 2.03. The van der Waals surface area contributed by atoms with Crippen molar-refractivity contribution in [1.29, 1.82) is 0 Å². The maximum absolute atomic E-state index is 11.2. The van der Waals surface area contributed by atoms with Gasteiger partial charge in [0.1, 0.15) is 23.0 Å². The van der Waals surface area contributed by atoms with Crippen LogP contribution in [0.2, 0.25) is 0 Å².